The molecule has 0 aromatic heterocycles. The summed E-state index contributed by atoms with van der Waals surface area (Å²) in [4.78, 5) is 25.0. The Bertz CT molecular complexity index is 328. The highest BCUT2D eigenvalue weighted by Crippen LogP contribution is 2.32. The average Bonchev–Trinajstić information content (AvgIpc) is 3.02. The maximum atomic E-state index is 12.1. The SMILES string of the molecule is CCC1(C(=O)O)CCCN1C(=O)CNC1CC1. The van der Waals surface area contributed by atoms with E-state index in [1.807, 2.05) is 6.92 Å². The quantitative estimate of drug-likeness (QED) is 0.738. The molecule has 2 rings (SSSR count). The summed E-state index contributed by atoms with van der Waals surface area (Å²) in [6, 6.07) is 0.474. The molecule has 1 amide bonds. The van der Waals surface area contributed by atoms with E-state index in [2.05, 4.69) is 5.32 Å². The first-order chi connectivity index (χ1) is 8.10. The number of hydrogen-bond donors (Lipinski definition) is 2. The average molecular weight is 240 g/mol. The van der Waals surface area contributed by atoms with Gasteiger partial charge in [-0.2, -0.15) is 0 Å². The lowest BCUT2D eigenvalue weighted by Crippen LogP contribution is -2.54. The summed E-state index contributed by atoms with van der Waals surface area (Å²) >= 11 is 0. The first kappa shape index (κ1) is 12.4. The second-order valence-corrected chi connectivity index (χ2v) is 4.99. The van der Waals surface area contributed by atoms with Crippen LogP contribution in [-0.4, -0.2) is 46.6 Å². The van der Waals surface area contributed by atoms with Crippen LogP contribution in [0.2, 0.25) is 0 Å². The van der Waals surface area contributed by atoms with Crippen molar-refractivity contribution in [2.75, 3.05) is 13.1 Å². The van der Waals surface area contributed by atoms with Crippen molar-refractivity contribution in [1.29, 1.82) is 0 Å². The first-order valence-electron chi connectivity index (χ1n) is 6.37. The molecule has 1 aliphatic heterocycles. The lowest BCUT2D eigenvalue weighted by atomic mass is 9.93. The number of carboxylic acid groups (broad SMARTS) is 1. The highest BCUT2D eigenvalue weighted by atomic mass is 16.4. The van der Waals surface area contributed by atoms with Crippen molar-refractivity contribution in [3.05, 3.63) is 0 Å². The lowest BCUT2D eigenvalue weighted by Gasteiger charge is -2.34. The van der Waals surface area contributed by atoms with Crippen molar-refractivity contribution in [1.82, 2.24) is 10.2 Å². The highest BCUT2D eigenvalue weighted by molar-refractivity contribution is 5.88. The van der Waals surface area contributed by atoms with Crippen LogP contribution in [0.1, 0.15) is 39.0 Å². The van der Waals surface area contributed by atoms with Crippen LogP contribution in [0.3, 0.4) is 0 Å². The molecular weight excluding hydrogens is 220 g/mol. The molecule has 17 heavy (non-hydrogen) atoms. The van der Waals surface area contributed by atoms with Crippen LogP contribution >= 0.6 is 0 Å². The van der Waals surface area contributed by atoms with Gasteiger partial charge in [-0.25, -0.2) is 4.79 Å². The molecular formula is C12H20N2O3. The molecule has 2 aliphatic rings. The van der Waals surface area contributed by atoms with Crippen molar-refractivity contribution < 1.29 is 14.7 Å². The van der Waals surface area contributed by atoms with Crippen LogP contribution in [0.5, 0.6) is 0 Å². The van der Waals surface area contributed by atoms with Gasteiger partial charge in [0.25, 0.3) is 0 Å². The van der Waals surface area contributed by atoms with Gasteiger partial charge in [-0.15, -0.1) is 0 Å². The molecule has 2 N–H and O–H groups in total. The molecule has 5 nitrogen and oxygen atoms in total. The van der Waals surface area contributed by atoms with Gasteiger partial charge in [0.1, 0.15) is 5.54 Å². The maximum absolute atomic E-state index is 12.1. The van der Waals surface area contributed by atoms with E-state index in [0.717, 1.165) is 19.3 Å². The van der Waals surface area contributed by atoms with Crippen molar-refractivity contribution in [3.8, 4) is 0 Å². The van der Waals surface area contributed by atoms with Gasteiger partial charge in [-0.05, 0) is 32.1 Å². The van der Waals surface area contributed by atoms with Gasteiger partial charge >= 0.3 is 5.97 Å². The third-order valence-corrected chi connectivity index (χ3v) is 3.89. The summed E-state index contributed by atoms with van der Waals surface area (Å²) in [5, 5.41) is 12.5. The summed E-state index contributed by atoms with van der Waals surface area (Å²) in [7, 11) is 0. The van der Waals surface area contributed by atoms with Crippen LogP contribution in [0.15, 0.2) is 0 Å². The zero-order valence-electron chi connectivity index (χ0n) is 10.2. The van der Waals surface area contributed by atoms with E-state index in [1.54, 1.807) is 4.90 Å². The number of nitrogens with zero attached hydrogens (tertiary/aromatic N) is 1. The highest BCUT2D eigenvalue weighted by Gasteiger charge is 2.48. The number of carbonyl (C=O) groups is 2. The van der Waals surface area contributed by atoms with E-state index >= 15 is 0 Å². The van der Waals surface area contributed by atoms with E-state index in [9.17, 15) is 14.7 Å². The predicted molar refractivity (Wildman–Crippen MR) is 62.6 cm³/mol. The number of aliphatic carboxylic acids is 1. The third kappa shape index (κ3) is 2.29. The van der Waals surface area contributed by atoms with Crippen LogP contribution in [-0.2, 0) is 9.59 Å². The molecule has 0 radical (unpaired) electrons. The number of amides is 1. The Morgan fingerprint density at radius 3 is 2.71 bits per heavy atom. The van der Waals surface area contributed by atoms with Gasteiger partial charge in [0.05, 0.1) is 6.54 Å². The standard InChI is InChI=1S/C12H20N2O3/c1-2-12(11(16)17)6-3-7-14(12)10(15)8-13-9-4-5-9/h9,13H,2-8H2,1H3,(H,16,17). The van der Waals surface area contributed by atoms with Crippen LogP contribution < -0.4 is 5.32 Å². The Hall–Kier alpha value is -1.10. The molecule has 5 heteroatoms. The summed E-state index contributed by atoms with van der Waals surface area (Å²) < 4.78 is 0. The summed E-state index contributed by atoms with van der Waals surface area (Å²) in [5.74, 6) is -0.934. The number of carbonyl (C=O) groups excluding carboxylic acids is 1. The second kappa shape index (κ2) is 4.64. The Morgan fingerprint density at radius 1 is 1.47 bits per heavy atom. The normalized spacial score (nSPS) is 28.4. The smallest absolute Gasteiger partial charge is 0.329 e. The lowest BCUT2D eigenvalue weighted by molar-refractivity contribution is -0.156. The van der Waals surface area contributed by atoms with Crippen molar-refractivity contribution in [2.45, 2.75) is 50.6 Å². The monoisotopic (exact) mass is 240 g/mol. The molecule has 1 aliphatic carbocycles. The molecule has 1 heterocycles. The fraction of sp³-hybridized carbons (Fsp3) is 0.833. The van der Waals surface area contributed by atoms with Crippen molar-refractivity contribution >= 4 is 11.9 Å². The molecule has 0 aromatic rings. The summed E-state index contributed by atoms with van der Waals surface area (Å²) in [5.41, 5.74) is -0.956. The molecule has 0 aromatic carbocycles. The van der Waals surface area contributed by atoms with Gasteiger partial charge in [0.15, 0.2) is 0 Å². The minimum absolute atomic E-state index is 0.0707. The zero-order valence-corrected chi connectivity index (χ0v) is 10.2. The number of likely N-dealkylation sites (tertiary alicyclic amines) is 1. The summed E-state index contributed by atoms with van der Waals surface area (Å²) in [6.45, 7) is 2.69. The van der Waals surface area contributed by atoms with Gasteiger partial charge in [0, 0.05) is 12.6 Å². The predicted octanol–water partition coefficient (Wildman–Crippen LogP) is 0.594. The Balaban J connectivity index is 2.01. The number of carboxylic acids is 1. The van der Waals surface area contributed by atoms with E-state index < -0.39 is 11.5 Å². The molecule has 1 saturated carbocycles. The van der Waals surface area contributed by atoms with Gasteiger partial charge in [-0.1, -0.05) is 6.92 Å². The van der Waals surface area contributed by atoms with E-state index in [4.69, 9.17) is 0 Å². The van der Waals surface area contributed by atoms with E-state index in [-0.39, 0.29) is 12.5 Å². The molecule has 0 bridgehead atoms. The number of nitrogens with one attached hydrogen (secondary N) is 1. The Morgan fingerprint density at radius 2 is 2.18 bits per heavy atom. The van der Waals surface area contributed by atoms with Gasteiger partial charge < -0.3 is 15.3 Å². The van der Waals surface area contributed by atoms with E-state index in [1.165, 1.54) is 0 Å². The molecule has 1 unspecified atom stereocenters. The molecule has 2 fully saturated rings. The second-order valence-electron chi connectivity index (χ2n) is 4.99. The summed E-state index contributed by atoms with van der Waals surface area (Å²) in [6.07, 6.45) is 4.11. The van der Waals surface area contributed by atoms with Crippen LogP contribution in [0, 0.1) is 0 Å². The first-order valence-corrected chi connectivity index (χ1v) is 6.37. The molecule has 1 saturated heterocycles. The van der Waals surface area contributed by atoms with Crippen molar-refractivity contribution in [2.24, 2.45) is 0 Å². The van der Waals surface area contributed by atoms with Gasteiger partial charge in [0.2, 0.25) is 5.91 Å². The third-order valence-electron chi connectivity index (χ3n) is 3.89. The molecule has 0 spiro atoms. The van der Waals surface area contributed by atoms with Crippen LogP contribution in [0.25, 0.3) is 0 Å². The van der Waals surface area contributed by atoms with Crippen molar-refractivity contribution in [3.63, 3.8) is 0 Å². The Labute approximate surface area is 101 Å². The fourth-order valence-electron chi connectivity index (χ4n) is 2.60. The Kier molecular flexibility index (Phi) is 3.38. The fourth-order valence-corrected chi connectivity index (χ4v) is 2.60. The number of hydrogen-bond acceptors (Lipinski definition) is 3. The molecule has 1 atom stereocenters. The number of rotatable bonds is 5. The topological polar surface area (TPSA) is 69.6 Å². The van der Waals surface area contributed by atoms with Crippen LogP contribution in [0.4, 0.5) is 0 Å². The minimum atomic E-state index is -0.956. The molecule has 96 valence electrons. The zero-order chi connectivity index (χ0) is 12.5. The van der Waals surface area contributed by atoms with Gasteiger partial charge in [-0.3, -0.25) is 4.79 Å². The largest absolute Gasteiger partial charge is 0.479 e. The maximum Gasteiger partial charge on any atom is 0.329 e. The van der Waals surface area contributed by atoms with E-state index in [0.29, 0.717) is 25.4 Å². The minimum Gasteiger partial charge on any atom is -0.479 e.